The number of nitrogens with one attached hydrogen (secondary N) is 1. The quantitative estimate of drug-likeness (QED) is 0.838. The van der Waals surface area contributed by atoms with Gasteiger partial charge in [0.1, 0.15) is 0 Å². The Morgan fingerprint density at radius 2 is 2.14 bits per heavy atom. The minimum absolute atomic E-state index is 0.0844. The van der Waals surface area contributed by atoms with Gasteiger partial charge in [0.05, 0.1) is 12.2 Å². The zero-order chi connectivity index (χ0) is 15.1. The second-order valence-electron chi connectivity index (χ2n) is 5.98. The van der Waals surface area contributed by atoms with Crippen molar-refractivity contribution < 1.29 is 4.79 Å². The van der Waals surface area contributed by atoms with Crippen LogP contribution in [0, 0.1) is 0 Å². The van der Waals surface area contributed by atoms with Crippen LogP contribution in [0.2, 0.25) is 0 Å². The predicted molar refractivity (Wildman–Crippen MR) is 83.9 cm³/mol. The lowest BCUT2D eigenvalue weighted by atomic mass is 10.1. The Morgan fingerprint density at radius 1 is 1.38 bits per heavy atom. The Labute approximate surface area is 127 Å². The molecule has 1 atom stereocenters. The number of piperidine rings is 1. The average Bonchev–Trinajstić information content (AvgIpc) is 2.92. The van der Waals surface area contributed by atoms with Gasteiger partial charge in [-0.15, -0.1) is 0 Å². The van der Waals surface area contributed by atoms with E-state index in [0.29, 0.717) is 6.42 Å². The number of hydrogen-bond acceptors (Lipinski definition) is 3. The first kappa shape index (κ1) is 16.0. The van der Waals surface area contributed by atoms with E-state index >= 15 is 0 Å². The summed E-state index contributed by atoms with van der Waals surface area (Å²) in [5, 5.41) is 7.30. The van der Waals surface area contributed by atoms with E-state index in [4.69, 9.17) is 0 Å². The molecular weight excluding hydrogens is 264 g/mol. The molecule has 1 fully saturated rings. The molecule has 1 aromatic rings. The van der Waals surface area contributed by atoms with Crippen molar-refractivity contribution in [2.24, 2.45) is 7.05 Å². The summed E-state index contributed by atoms with van der Waals surface area (Å²) in [7, 11) is 1.90. The molecule has 1 saturated heterocycles. The molecular formula is C16H28N4O. The largest absolute Gasteiger partial charge is 0.349 e. The molecule has 0 bridgehead atoms. The van der Waals surface area contributed by atoms with E-state index in [9.17, 15) is 4.79 Å². The lowest BCUT2D eigenvalue weighted by molar-refractivity contribution is -0.122. The molecule has 0 aromatic carbocycles. The van der Waals surface area contributed by atoms with Crippen LogP contribution in [-0.2, 0) is 11.8 Å². The molecule has 0 unspecified atom stereocenters. The van der Waals surface area contributed by atoms with E-state index in [0.717, 1.165) is 24.9 Å². The highest BCUT2D eigenvalue weighted by Gasteiger charge is 2.15. The van der Waals surface area contributed by atoms with Crippen LogP contribution in [0.5, 0.6) is 0 Å². The zero-order valence-electron chi connectivity index (χ0n) is 13.3. The fourth-order valence-electron chi connectivity index (χ4n) is 2.95. The summed E-state index contributed by atoms with van der Waals surface area (Å²) in [6, 6.07) is 0.0844. The molecule has 0 aliphatic carbocycles. The van der Waals surface area contributed by atoms with Crippen LogP contribution in [0.3, 0.4) is 0 Å². The predicted octanol–water partition coefficient (Wildman–Crippen LogP) is 2.25. The molecule has 1 aliphatic rings. The number of nitrogens with zero attached hydrogens (tertiary/aromatic N) is 3. The Kier molecular flexibility index (Phi) is 6.23. The minimum Gasteiger partial charge on any atom is -0.349 e. The summed E-state index contributed by atoms with van der Waals surface area (Å²) in [5.74, 6) is 0.155. The van der Waals surface area contributed by atoms with E-state index in [1.54, 1.807) is 4.68 Å². The van der Waals surface area contributed by atoms with Gasteiger partial charge in [0.15, 0.2) is 0 Å². The maximum atomic E-state index is 12.1. The maximum absolute atomic E-state index is 12.1. The number of aryl methyl sites for hydroxylation is 1. The number of amides is 1. The topological polar surface area (TPSA) is 50.2 Å². The number of likely N-dealkylation sites (tertiary alicyclic amines) is 1. The standard InChI is InChI=1S/C16H28N4O/c1-3-15(14-12-17-19(2)13-14)18-16(21)8-7-11-20-9-5-4-6-10-20/h12-13,15H,3-11H2,1-2H3,(H,18,21)/t15-/m0/s1. The van der Waals surface area contributed by atoms with Gasteiger partial charge in [0.25, 0.3) is 0 Å². The van der Waals surface area contributed by atoms with Crippen molar-refractivity contribution in [3.8, 4) is 0 Å². The molecule has 1 aromatic heterocycles. The summed E-state index contributed by atoms with van der Waals surface area (Å²) >= 11 is 0. The Balaban J connectivity index is 1.70. The molecule has 0 radical (unpaired) electrons. The monoisotopic (exact) mass is 292 g/mol. The van der Waals surface area contributed by atoms with Gasteiger partial charge in [-0.3, -0.25) is 9.48 Å². The molecule has 1 N–H and O–H groups in total. The highest BCUT2D eigenvalue weighted by atomic mass is 16.1. The van der Waals surface area contributed by atoms with Crippen LogP contribution in [0.4, 0.5) is 0 Å². The Bertz CT molecular complexity index is 437. The SMILES string of the molecule is CC[C@H](NC(=O)CCCN1CCCCC1)c1cnn(C)c1. The number of rotatable bonds is 7. The summed E-state index contributed by atoms with van der Waals surface area (Å²) in [4.78, 5) is 14.6. The first-order chi connectivity index (χ1) is 10.2. The third kappa shape index (κ3) is 5.16. The first-order valence-corrected chi connectivity index (χ1v) is 8.19. The third-order valence-corrected chi connectivity index (χ3v) is 4.20. The smallest absolute Gasteiger partial charge is 0.220 e. The second-order valence-corrected chi connectivity index (χ2v) is 5.98. The lowest BCUT2D eigenvalue weighted by Gasteiger charge is -2.26. The molecule has 0 spiro atoms. The normalized spacial score (nSPS) is 17.6. The molecule has 5 nitrogen and oxygen atoms in total. The summed E-state index contributed by atoms with van der Waals surface area (Å²) < 4.78 is 1.78. The molecule has 2 rings (SSSR count). The molecule has 21 heavy (non-hydrogen) atoms. The van der Waals surface area contributed by atoms with Crippen LogP contribution < -0.4 is 5.32 Å². The third-order valence-electron chi connectivity index (χ3n) is 4.20. The van der Waals surface area contributed by atoms with E-state index < -0.39 is 0 Å². The van der Waals surface area contributed by atoms with Gasteiger partial charge < -0.3 is 10.2 Å². The average molecular weight is 292 g/mol. The molecule has 1 amide bonds. The van der Waals surface area contributed by atoms with E-state index in [2.05, 4.69) is 22.2 Å². The van der Waals surface area contributed by atoms with Crippen molar-refractivity contribution >= 4 is 5.91 Å². The van der Waals surface area contributed by atoms with Crippen LogP contribution in [0.25, 0.3) is 0 Å². The van der Waals surface area contributed by atoms with Gasteiger partial charge in [0, 0.05) is 25.2 Å². The molecule has 0 saturated carbocycles. The maximum Gasteiger partial charge on any atom is 0.220 e. The van der Waals surface area contributed by atoms with Crippen molar-refractivity contribution in [3.05, 3.63) is 18.0 Å². The zero-order valence-corrected chi connectivity index (χ0v) is 13.3. The van der Waals surface area contributed by atoms with E-state index in [-0.39, 0.29) is 11.9 Å². The number of hydrogen-bond donors (Lipinski definition) is 1. The number of aromatic nitrogens is 2. The van der Waals surface area contributed by atoms with Crippen molar-refractivity contribution in [2.75, 3.05) is 19.6 Å². The fourth-order valence-corrected chi connectivity index (χ4v) is 2.95. The van der Waals surface area contributed by atoms with Crippen molar-refractivity contribution in [1.82, 2.24) is 20.0 Å². The number of carbonyl (C=O) groups is 1. The van der Waals surface area contributed by atoms with Gasteiger partial charge in [0.2, 0.25) is 5.91 Å². The number of carbonyl (C=O) groups excluding carboxylic acids is 1. The van der Waals surface area contributed by atoms with Crippen LogP contribution in [-0.4, -0.2) is 40.2 Å². The highest BCUT2D eigenvalue weighted by Crippen LogP contribution is 2.15. The van der Waals surface area contributed by atoms with Crippen molar-refractivity contribution in [1.29, 1.82) is 0 Å². The van der Waals surface area contributed by atoms with Crippen LogP contribution >= 0.6 is 0 Å². The summed E-state index contributed by atoms with van der Waals surface area (Å²) in [6.07, 6.45) is 10.3. The summed E-state index contributed by atoms with van der Waals surface area (Å²) in [5.41, 5.74) is 1.09. The first-order valence-electron chi connectivity index (χ1n) is 8.19. The second kappa shape index (κ2) is 8.17. The van der Waals surface area contributed by atoms with E-state index in [1.807, 2.05) is 19.4 Å². The van der Waals surface area contributed by atoms with Crippen molar-refractivity contribution in [2.45, 2.75) is 51.5 Å². The van der Waals surface area contributed by atoms with Crippen LogP contribution in [0.1, 0.15) is 57.1 Å². The highest BCUT2D eigenvalue weighted by molar-refractivity contribution is 5.76. The fraction of sp³-hybridized carbons (Fsp3) is 0.750. The molecule has 1 aliphatic heterocycles. The van der Waals surface area contributed by atoms with E-state index in [1.165, 1.54) is 32.4 Å². The minimum atomic E-state index is 0.0844. The van der Waals surface area contributed by atoms with Crippen molar-refractivity contribution in [3.63, 3.8) is 0 Å². The Morgan fingerprint density at radius 3 is 2.76 bits per heavy atom. The van der Waals surface area contributed by atoms with Gasteiger partial charge in [-0.2, -0.15) is 5.10 Å². The molecule has 118 valence electrons. The van der Waals surface area contributed by atoms with Gasteiger partial charge in [-0.25, -0.2) is 0 Å². The summed E-state index contributed by atoms with van der Waals surface area (Å²) in [6.45, 7) is 5.55. The van der Waals surface area contributed by atoms with Crippen LogP contribution in [0.15, 0.2) is 12.4 Å². The molecule has 5 heteroatoms. The van der Waals surface area contributed by atoms with Gasteiger partial charge >= 0.3 is 0 Å². The molecule has 2 heterocycles. The van der Waals surface area contributed by atoms with Gasteiger partial charge in [-0.1, -0.05) is 13.3 Å². The lowest BCUT2D eigenvalue weighted by Crippen LogP contribution is -2.32. The van der Waals surface area contributed by atoms with Gasteiger partial charge in [-0.05, 0) is 45.3 Å². The Hall–Kier alpha value is -1.36.